The Morgan fingerprint density at radius 2 is 1.95 bits per heavy atom. The van der Waals surface area contributed by atoms with Gasteiger partial charge in [0.25, 0.3) is 0 Å². The molecule has 1 rings (SSSR count). The van der Waals surface area contributed by atoms with Gasteiger partial charge in [-0.3, -0.25) is 5.32 Å². The van der Waals surface area contributed by atoms with Crippen molar-refractivity contribution in [3.8, 4) is 0 Å². The lowest BCUT2D eigenvalue weighted by atomic mass is 9.89. The second kappa shape index (κ2) is 6.17. The Morgan fingerprint density at radius 1 is 1.32 bits per heavy atom. The number of hydrogen-bond acceptors (Lipinski definition) is 3. The molecule has 0 heterocycles. The molecule has 1 unspecified atom stereocenters. The van der Waals surface area contributed by atoms with E-state index < -0.39 is 11.5 Å². The first-order chi connectivity index (χ1) is 8.77. The number of carboxylic acids is 1. The molecule has 0 aromatic heterocycles. The van der Waals surface area contributed by atoms with Crippen LogP contribution in [-0.2, 0) is 10.3 Å². The predicted octanol–water partition coefficient (Wildman–Crippen LogP) is 1.75. The van der Waals surface area contributed by atoms with Crippen molar-refractivity contribution in [3.05, 3.63) is 34.9 Å². The molecule has 0 amide bonds. The highest BCUT2D eigenvalue weighted by Crippen LogP contribution is 2.23. The average Bonchev–Trinajstić information content (AvgIpc) is 2.31. The molecule has 4 nitrogen and oxygen atoms in total. The van der Waals surface area contributed by atoms with E-state index in [4.69, 9.17) is 0 Å². The third-order valence-electron chi connectivity index (χ3n) is 3.55. The number of aryl methyl sites for hydroxylation is 2. The topological polar surface area (TPSA) is 52.6 Å². The number of likely N-dealkylation sites (N-methyl/N-ethyl adjacent to an activating group) is 1. The number of rotatable bonds is 6. The number of hydrogen-bond donors (Lipinski definition) is 2. The summed E-state index contributed by atoms with van der Waals surface area (Å²) in [6, 6.07) is 5.81. The Labute approximate surface area is 115 Å². The van der Waals surface area contributed by atoms with Crippen LogP contribution in [0.1, 0.15) is 23.6 Å². The molecule has 1 atom stereocenters. The largest absolute Gasteiger partial charge is 0.480 e. The maximum Gasteiger partial charge on any atom is 0.328 e. The van der Waals surface area contributed by atoms with Crippen molar-refractivity contribution in [2.75, 3.05) is 27.2 Å². The molecular formula is C15H24N2O2. The van der Waals surface area contributed by atoms with Crippen LogP contribution in [0.4, 0.5) is 0 Å². The monoisotopic (exact) mass is 264 g/mol. The van der Waals surface area contributed by atoms with Crippen LogP contribution in [0.3, 0.4) is 0 Å². The van der Waals surface area contributed by atoms with Crippen molar-refractivity contribution in [2.24, 2.45) is 0 Å². The maximum atomic E-state index is 11.6. The molecule has 4 heteroatoms. The van der Waals surface area contributed by atoms with Crippen LogP contribution in [0.5, 0.6) is 0 Å². The molecule has 106 valence electrons. The van der Waals surface area contributed by atoms with E-state index in [0.717, 1.165) is 17.7 Å². The van der Waals surface area contributed by atoms with Crippen LogP contribution in [-0.4, -0.2) is 43.2 Å². The SMILES string of the molecule is Cc1ccc(C(C)(NCCN(C)C)C(=O)O)cc1C. The van der Waals surface area contributed by atoms with E-state index in [9.17, 15) is 9.90 Å². The van der Waals surface area contributed by atoms with Gasteiger partial charge in [0.15, 0.2) is 0 Å². The number of benzene rings is 1. The molecule has 1 aromatic carbocycles. The second-order valence-electron chi connectivity index (χ2n) is 5.46. The smallest absolute Gasteiger partial charge is 0.328 e. The Hall–Kier alpha value is -1.39. The summed E-state index contributed by atoms with van der Waals surface area (Å²) in [5, 5.41) is 12.7. The minimum atomic E-state index is -1.05. The molecule has 0 saturated heterocycles. The van der Waals surface area contributed by atoms with Gasteiger partial charge < -0.3 is 10.0 Å². The fourth-order valence-corrected chi connectivity index (χ4v) is 1.88. The Balaban J connectivity index is 2.97. The summed E-state index contributed by atoms with van der Waals surface area (Å²) in [5.41, 5.74) is 2.03. The van der Waals surface area contributed by atoms with Crippen molar-refractivity contribution in [1.82, 2.24) is 10.2 Å². The molecule has 0 saturated carbocycles. The average molecular weight is 264 g/mol. The minimum Gasteiger partial charge on any atom is -0.480 e. The Morgan fingerprint density at radius 3 is 2.42 bits per heavy atom. The van der Waals surface area contributed by atoms with Gasteiger partial charge in [-0.25, -0.2) is 4.79 Å². The van der Waals surface area contributed by atoms with E-state index in [-0.39, 0.29) is 0 Å². The van der Waals surface area contributed by atoms with E-state index in [0.29, 0.717) is 6.54 Å². The molecule has 0 bridgehead atoms. The molecule has 0 aliphatic heterocycles. The molecule has 19 heavy (non-hydrogen) atoms. The lowest BCUT2D eigenvalue weighted by Gasteiger charge is -2.28. The molecule has 0 spiro atoms. The van der Waals surface area contributed by atoms with Crippen molar-refractivity contribution >= 4 is 5.97 Å². The Bertz CT molecular complexity index is 457. The zero-order valence-corrected chi connectivity index (χ0v) is 12.4. The molecule has 0 radical (unpaired) electrons. The van der Waals surface area contributed by atoms with E-state index >= 15 is 0 Å². The normalized spacial score (nSPS) is 14.4. The summed E-state index contributed by atoms with van der Waals surface area (Å²) in [6.07, 6.45) is 0. The maximum absolute atomic E-state index is 11.6. The first kappa shape index (κ1) is 15.7. The zero-order valence-electron chi connectivity index (χ0n) is 12.4. The first-order valence-corrected chi connectivity index (χ1v) is 6.48. The van der Waals surface area contributed by atoms with Crippen LogP contribution < -0.4 is 5.32 Å². The van der Waals surface area contributed by atoms with Gasteiger partial charge in [-0.15, -0.1) is 0 Å². The zero-order chi connectivity index (χ0) is 14.6. The fourth-order valence-electron chi connectivity index (χ4n) is 1.88. The van der Waals surface area contributed by atoms with Crippen LogP contribution >= 0.6 is 0 Å². The molecule has 0 aliphatic carbocycles. The highest BCUT2D eigenvalue weighted by atomic mass is 16.4. The summed E-state index contributed by atoms with van der Waals surface area (Å²) in [5.74, 6) is -0.852. The van der Waals surface area contributed by atoms with Crippen molar-refractivity contribution in [2.45, 2.75) is 26.3 Å². The third kappa shape index (κ3) is 3.78. The van der Waals surface area contributed by atoms with Gasteiger partial charge in [0.05, 0.1) is 0 Å². The summed E-state index contributed by atoms with van der Waals surface area (Å²) < 4.78 is 0. The number of nitrogens with zero attached hydrogens (tertiary/aromatic N) is 1. The highest BCUT2D eigenvalue weighted by Gasteiger charge is 2.34. The molecule has 2 N–H and O–H groups in total. The minimum absolute atomic E-state index is 0.628. The summed E-state index contributed by atoms with van der Waals surface area (Å²) >= 11 is 0. The van der Waals surface area contributed by atoms with E-state index in [1.807, 2.05) is 51.0 Å². The highest BCUT2D eigenvalue weighted by molar-refractivity contribution is 5.80. The summed E-state index contributed by atoms with van der Waals surface area (Å²) in [6.45, 7) is 7.17. The summed E-state index contributed by atoms with van der Waals surface area (Å²) in [4.78, 5) is 13.6. The quantitative estimate of drug-likeness (QED) is 0.822. The van der Waals surface area contributed by atoms with Crippen molar-refractivity contribution in [3.63, 3.8) is 0 Å². The van der Waals surface area contributed by atoms with Crippen molar-refractivity contribution < 1.29 is 9.90 Å². The van der Waals surface area contributed by atoms with E-state index in [1.165, 1.54) is 5.56 Å². The van der Waals surface area contributed by atoms with E-state index in [2.05, 4.69) is 5.32 Å². The predicted molar refractivity (Wildman–Crippen MR) is 77.5 cm³/mol. The number of carboxylic acid groups (broad SMARTS) is 1. The second-order valence-corrected chi connectivity index (χ2v) is 5.46. The van der Waals surface area contributed by atoms with Gasteiger partial charge in [-0.05, 0) is 51.6 Å². The Kier molecular flexibility index (Phi) is 5.09. The van der Waals surface area contributed by atoms with Crippen molar-refractivity contribution in [1.29, 1.82) is 0 Å². The fraction of sp³-hybridized carbons (Fsp3) is 0.533. The summed E-state index contributed by atoms with van der Waals surface area (Å²) in [7, 11) is 3.94. The molecular weight excluding hydrogens is 240 g/mol. The van der Waals surface area contributed by atoms with Gasteiger partial charge in [0.2, 0.25) is 0 Å². The van der Waals surface area contributed by atoms with Crippen LogP contribution in [0.25, 0.3) is 0 Å². The lowest BCUT2D eigenvalue weighted by molar-refractivity contribution is -0.144. The number of aliphatic carboxylic acids is 1. The first-order valence-electron chi connectivity index (χ1n) is 6.48. The number of carbonyl (C=O) groups is 1. The standard InChI is InChI=1S/C15H24N2O2/c1-11-6-7-13(10-12(11)2)15(3,14(18)19)16-8-9-17(4)5/h6-7,10,16H,8-9H2,1-5H3,(H,18,19). The molecule has 0 aliphatic rings. The van der Waals surface area contributed by atoms with Gasteiger partial charge in [0.1, 0.15) is 5.54 Å². The van der Waals surface area contributed by atoms with Gasteiger partial charge >= 0.3 is 5.97 Å². The van der Waals surface area contributed by atoms with E-state index in [1.54, 1.807) is 6.92 Å². The number of nitrogens with one attached hydrogen (secondary N) is 1. The van der Waals surface area contributed by atoms with Gasteiger partial charge in [-0.1, -0.05) is 18.2 Å². The molecule has 1 aromatic rings. The third-order valence-corrected chi connectivity index (χ3v) is 3.55. The van der Waals surface area contributed by atoms with Crippen LogP contribution in [0, 0.1) is 13.8 Å². The van der Waals surface area contributed by atoms with Gasteiger partial charge in [0, 0.05) is 13.1 Å². The van der Waals surface area contributed by atoms with Crippen LogP contribution in [0.2, 0.25) is 0 Å². The molecule has 0 fully saturated rings. The lowest BCUT2D eigenvalue weighted by Crippen LogP contribution is -2.48. The van der Waals surface area contributed by atoms with Gasteiger partial charge in [-0.2, -0.15) is 0 Å². The van der Waals surface area contributed by atoms with Crippen LogP contribution in [0.15, 0.2) is 18.2 Å².